The number of nitrogens with zero attached hydrogens (tertiary/aromatic N) is 1. The maximum atomic E-state index is 13.1. The van der Waals surface area contributed by atoms with Crippen LogP contribution in [0.15, 0.2) is 18.2 Å². The number of rotatable bonds is 4. The van der Waals surface area contributed by atoms with Gasteiger partial charge in [0.1, 0.15) is 11.4 Å². The van der Waals surface area contributed by atoms with Crippen LogP contribution in [0.5, 0.6) is 0 Å². The minimum atomic E-state index is -0.868. The third-order valence-corrected chi connectivity index (χ3v) is 4.51. The second-order valence-electron chi connectivity index (χ2n) is 5.14. The average molecular weight is 313 g/mol. The number of nitrogens with one attached hydrogen (secondary N) is 1. The van der Waals surface area contributed by atoms with Crippen LogP contribution in [0.3, 0.4) is 0 Å². The molecule has 0 spiro atoms. The summed E-state index contributed by atoms with van der Waals surface area (Å²) in [6, 6.07) is 4.06. The molecule has 1 aromatic carbocycles. The van der Waals surface area contributed by atoms with Crippen LogP contribution in [0, 0.1) is 5.82 Å². The molecule has 0 atom stereocenters. The van der Waals surface area contributed by atoms with Crippen LogP contribution in [-0.4, -0.2) is 28.8 Å². The van der Waals surface area contributed by atoms with Gasteiger partial charge in [0.2, 0.25) is 11.8 Å². The summed E-state index contributed by atoms with van der Waals surface area (Å²) in [6.07, 6.45) is 1.03. The Labute approximate surface area is 128 Å². The summed E-state index contributed by atoms with van der Waals surface area (Å²) in [5.41, 5.74) is -0.236. The second-order valence-corrected chi connectivity index (χ2v) is 5.54. The zero-order chi connectivity index (χ0) is 15.6. The van der Waals surface area contributed by atoms with E-state index in [0.717, 1.165) is 0 Å². The van der Waals surface area contributed by atoms with E-state index in [4.69, 9.17) is 11.6 Å². The van der Waals surface area contributed by atoms with Crippen LogP contribution in [-0.2, 0) is 16.1 Å². The van der Waals surface area contributed by atoms with Gasteiger partial charge in [-0.15, -0.1) is 0 Å². The summed E-state index contributed by atoms with van der Waals surface area (Å²) in [4.78, 5) is 26.1. The van der Waals surface area contributed by atoms with Crippen molar-refractivity contribution < 1.29 is 14.0 Å². The fourth-order valence-electron chi connectivity index (χ4n) is 2.79. The van der Waals surface area contributed by atoms with E-state index in [0.29, 0.717) is 18.4 Å². The molecule has 1 fully saturated rings. The van der Waals surface area contributed by atoms with Gasteiger partial charge < -0.3 is 10.2 Å². The fourth-order valence-corrected chi connectivity index (χ4v) is 3.02. The molecule has 0 aliphatic carbocycles. The average Bonchev–Trinajstić information content (AvgIpc) is 2.46. The van der Waals surface area contributed by atoms with E-state index in [1.807, 2.05) is 13.8 Å². The molecule has 114 valence electrons. The van der Waals surface area contributed by atoms with Gasteiger partial charge in [-0.05, 0) is 30.5 Å². The number of hydrogen-bond acceptors (Lipinski definition) is 2. The first-order valence-corrected chi connectivity index (χ1v) is 7.35. The molecule has 1 aromatic rings. The molecule has 2 rings (SSSR count). The van der Waals surface area contributed by atoms with E-state index in [-0.39, 0.29) is 29.9 Å². The molecular weight excluding hydrogens is 295 g/mol. The van der Waals surface area contributed by atoms with Gasteiger partial charge in [0.25, 0.3) is 0 Å². The third-order valence-electron chi connectivity index (χ3n) is 4.15. The van der Waals surface area contributed by atoms with E-state index in [2.05, 4.69) is 5.32 Å². The Morgan fingerprint density at radius 2 is 2.00 bits per heavy atom. The Morgan fingerprint density at radius 1 is 1.33 bits per heavy atom. The van der Waals surface area contributed by atoms with Crippen molar-refractivity contribution in [2.24, 2.45) is 0 Å². The van der Waals surface area contributed by atoms with Gasteiger partial charge in [0.05, 0.1) is 6.54 Å². The Morgan fingerprint density at radius 3 is 2.57 bits per heavy atom. The lowest BCUT2D eigenvalue weighted by atomic mass is 9.87. The molecule has 4 nitrogen and oxygen atoms in total. The van der Waals surface area contributed by atoms with Crippen molar-refractivity contribution in [2.45, 2.75) is 38.8 Å². The molecule has 1 aliphatic rings. The largest absolute Gasteiger partial charge is 0.345 e. The summed E-state index contributed by atoms with van der Waals surface area (Å²) < 4.78 is 13.1. The standard InChI is InChI=1S/C15H18ClFN2O2/c1-3-15(4-2)14(21)18-8-13(20)19(15)9-10-5-6-11(17)7-12(10)16/h5-7H,3-4,8-9H2,1-2H3,(H,18,21). The molecule has 0 radical (unpaired) electrons. The number of amides is 2. The van der Waals surface area contributed by atoms with Gasteiger partial charge in [-0.2, -0.15) is 0 Å². The maximum Gasteiger partial charge on any atom is 0.246 e. The van der Waals surface area contributed by atoms with Gasteiger partial charge in [0.15, 0.2) is 0 Å². The summed E-state index contributed by atoms with van der Waals surface area (Å²) in [5.74, 6) is -0.729. The van der Waals surface area contributed by atoms with Crippen LogP contribution in [0.2, 0.25) is 5.02 Å². The quantitative estimate of drug-likeness (QED) is 0.928. The van der Waals surface area contributed by atoms with Crippen LogP contribution in [0.1, 0.15) is 32.3 Å². The third kappa shape index (κ3) is 2.75. The van der Waals surface area contributed by atoms with Gasteiger partial charge in [-0.1, -0.05) is 31.5 Å². The maximum absolute atomic E-state index is 13.1. The van der Waals surface area contributed by atoms with Crippen molar-refractivity contribution in [3.8, 4) is 0 Å². The molecule has 0 saturated carbocycles. The molecule has 2 amide bonds. The zero-order valence-electron chi connectivity index (χ0n) is 12.1. The lowest BCUT2D eigenvalue weighted by Gasteiger charge is -2.45. The summed E-state index contributed by atoms with van der Waals surface area (Å²) in [6.45, 7) is 3.94. The summed E-state index contributed by atoms with van der Waals surface area (Å²) in [7, 11) is 0. The lowest BCUT2D eigenvalue weighted by molar-refractivity contribution is -0.155. The molecule has 1 saturated heterocycles. The van der Waals surface area contributed by atoms with Crippen LogP contribution < -0.4 is 5.32 Å². The second kappa shape index (κ2) is 6.02. The van der Waals surface area contributed by atoms with E-state index in [9.17, 15) is 14.0 Å². The Balaban J connectivity index is 2.37. The molecule has 0 bridgehead atoms. The van der Waals surface area contributed by atoms with Crippen molar-refractivity contribution >= 4 is 23.4 Å². The lowest BCUT2D eigenvalue weighted by Crippen LogP contribution is -2.66. The highest BCUT2D eigenvalue weighted by atomic mass is 35.5. The van der Waals surface area contributed by atoms with E-state index in [1.54, 1.807) is 11.0 Å². The first-order chi connectivity index (χ1) is 9.94. The van der Waals surface area contributed by atoms with Gasteiger partial charge >= 0.3 is 0 Å². The zero-order valence-corrected chi connectivity index (χ0v) is 12.8. The smallest absolute Gasteiger partial charge is 0.246 e. The van der Waals surface area contributed by atoms with E-state index in [1.165, 1.54) is 12.1 Å². The van der Waals surface area contributed by atoms with Gasteiger partial charge in [0, 0.05) is 11.6 Å². The summed E-state index contributed by atoms with van der Waals surface area (Å²) >= 11 is 6.03. The van der Waals surface area contributed by atoms with E-state index < -0.39 is 11.4 Å². The first kappa shape index (κ1) is 15.8. The highest BCUT2D eigenvalue weighted by molar-refractivity contribution is 6.31. The van der Waals surface area contributed by atoms with Crippen molar-refractivity contribution in [1.82, 2.24) is 10.2 Å². The summed E-state index contributed by atoms with van der Waals surface area (Å²) in [5, 5.41) is 2.90. The predicted molar refractivity (Wildman–Crippen MR) is 78.3 cm³/mol. The molecule has 1 heterocycles. The number of piperazine rings is 1. The number of benzene rings is 1. The fraction of sp³-hybridized carbons (Fsp3) is 0.467. The monoisotopic (exact) mass is 312 g/mol. The Bertz CT molecular complexity index is 573. The number of carbonyl (C=O) groups excluding carboxylic acids is 2. The first-order valence-electron chi connectivity index (χ1n) is 6.97. The Hall–Kier alpha value is -1.62. The normalized spacial score (nSPS) is 17.8. The van der Waals surface area contributed by atoms with Crippen molar-refractivity contribution in [3.63, 3.8) is 0 Å². The number of hydrogen-bond donors (Lipinski definition) is 1. The van der Waals surface area contributed by atoms with Crippen molar-refractivity contribution in [1.29, 1.82) is 0 Å². The highest BCUT2D eigenvalue weighted by Crippen LogP contribution is 2.30. The van der Waals surface area contributed by atoms with Crippen LogP contribution in [0.25, 0.3) is 0 Å². The SMILES string of the molecule is CCC1(CC)C(=O)NCC(=O)N1Cc1ccc(F)cc1Cl. The number of halogens is 2. The van der Waals surface area contributed by atoms with Crippen molar-refractivity contribution in [2.75, 3.05) is 6.54 Å². The molecule has 0 aromatic heterocycles. The number of carbonyl (C=O) groups is 2. The predicted octanol–water partition coefficient (Wildman–Crippen LogP) is 2.50. The van der Waals surface area contributed by atoms with E-state index >= 15 is 0 Å². The minimum Gasteiger partial charge on any atom is -0.345 e. The molecule has 6 heteroatoms. The molecule has 1 N–H and O–H groups in total. The highest BCUT2D eigenvalue weighted by Gasteiger charge is 2.46. The topological polar surface area (TPSA) is 49.4 Å². The molecule has 0 unspecified atom stereocenters. The van der Waals surface area contributed by atoms with Crippen LogP contribution in [0.4, 0.5) is 4.39 Å². The van der Waals surface area contributed by atoms with Crippen molar-refractivity contribution in [3.05, 3.63) is 34.6 Å². The Kier molecular flexibility index (Phi) is 4.52. The molecule has 1 aliphatic heterocycles. The minimum absolute atomic E-state index is 0.0145. The van der Waals surface area contributed by atoms with Gasteiger partial charge in [-0.25, -0.2) is 4.39 Å². The molecule has 21 heavy (non-hydrogen) atoms. The van der Waals surface area contributed by atoms with Gasteiger partial charge in [-0.3, -0.25) is 9.59 Å². The molecular formula is C15H18ClFN2O2. The van der Waals surface area contributed by atoms with Crippen LogP contribution >= 0.6 is 11.6 Å².